The lowest BCUT2D eigenvalue weighted by molar-refractivity contribution is -0.123. The van der Waals surface area contributed by atoms with E-state index in [4.69, 9.17) is 21.1 Å². The normalized spacial score (nSPS) is 15.7. The molecule has 0 unspecified atom stereocenters. The van der Waals surface area contributed by atoms with Gasteiger partial charge in [-0.05, 0) is 53.2 Å². The predicted octanol–water partition coefficient (Wildman–Crippen LogP) is 4.59. The van der Waals surface area contributed by atoms with Gasteiger partial charge in [0, 0.05) is 11.1 Å². The molecule has 2 amide bonds. The van der Waals surface area contributed by atoms with Crippen LogP contribution in [0.3, 0.4) is 0 Å². The van der Waals surface area contributed by atoms with E-state index in [9.17, 15) is 9.59 Å². The number of halogens is 1. The van der Waals surface area contributed by atoms with Gasteiger partial charge in [-0.25, -0.2) is 0 Å². The molecule has 7 heteroatoms. The van der Waals surface area contributed by atoms with Gasteiger partial charge in [0.15, 0.2) is 0 Å². The molecule has 0 spiro atoms. The van der Waals surface area contributed by atoms with E-state index in [1.165, 1.54) is 4.90 Å². The quantitative estimate of drug-likeness (QED) is 0.700. The zero-order valence-corrected chi connectivity index (χ0v) is 15.8. The van der Waals surface area contributed by atoms with Crippen molar-refractivity contribution >= 4 is 40.6 Å². The summed E-state index contributed by atoms with van der Waals surface area (Å²) >= 11 is 6.78. The van der Waals surface area contributed by atoms with Gasteiger partial charge in [-0.3, -0.25) is 14.5 Å². The van der Waals surface area contributed by atoms with Gasteiger partial charge in [0.05, 0.1) is 25.7 Å². The second-order valence-corrected chi connectivity index (χ2v) is 6.97. The summed E-state index contributed by atoms with van der Waals surface area (Å²) in [6.07, 6.45) is 1.66. The van der Waals surface area contributed by atoms with Crippen LogP contribution in [0.25, 0.3) is 6.08 Å². The minimum Gasteiger partial charge on any atom is -0.497 e. The average molecular weight is 390 g/mol. The monoisotopic (exact) mass is 389 g/mol. The number of methoxy groups -OCH3 is 2. The number of amides is 2. The lowest BCUT2D eigenvalue weighted by atomic mass is 10.1. The Balaban J connectivity index is 1.84. The van der Waals surface area contributed by atoms with E-state index in [1.807, 2.05) is 0 Å². The first-order chi connectivity index (χ1) is 12.5. The molecule has 0 saturated carbocycles. The smallest absolute Gasteiger partial charge is 0.293 e. The molecule has 3 rings (SSSR count). The average Bonchev–Trinajstić information content (AvgIpc) is 2.90. The van der Waals surface area contributed by atoms with Gasteiger partial charge in [0.1, 0.15) is 11.5 Å². The van der Waals surface area contributed by atoms with Gasteiger partial charge in [-0.1, -0.05) is 23.7 Å². The van der Waals surface area contributed by atoms with Crippen molar-refractivity contribution in [2.75, 3.05) is 14.2 Å². The Labute approximate surface area is 160 Å². The molecule has 1 aliphatic rings. The van der Waals surface area contributed by atoms with Crippen LogP contribution in [0.15, 0.2) is 47.4 Å². The minimum absolute atomic E-state index is 0.209. The number of carbonyl (C=O) groups excluding carboxylic acids is 2. The number of nitrogens with zero attached hydrogens (tertiary/aromatic N) is 1. The van der Waals surface area contributed by atoms with Crippen LogP contribution >= 0.6 is 23.4 Å². The highest BCUT2D eigenvalue weighted by Crippen LogP contribution is 2.34. The molecule has 134 valence electrons. The Kier molecular flexibility index (Phi) is 5.54. The summed E-state index contributed by atoms with van der Waals surface area (Å²) in [5, 5.41) is 0.306. The van der Waals surface area contributed by atoms with Gasteiger partial charge in [0.2, 0.25) is 0 Å². The van der Waals surface area contributed by atoms with Gasteiger partial charge in [-0.2, -0.15) is 0 Å². The Morgan fingerprint density at radius 3 is 2.23 bits per heavy atom. The first-order valence-corrected chi connectivity index (χ1v) is 8.92. The molecule has 5 nitrogen and oxygen atoms in total. The van der Waals surface area contributed by atoms with Crippen molar-refractivity contribution in [1.29, 1.82) is 0 Å². The Hall–Kier alpha value is -2.44. The molecule has 1 heterocycles. The maximum atomic E-state index is 12.6. The van der Waals surface area contributed by atoms with Gasteiger partial charge < -0.3 is 9.47 Å². The van der Waals surface area contributed by atoms with Crippen LogP contribution in [0.5, 0.6) is 11.5 Å². The van der Waals surface area contributed by atoms with E-state index in [2.05, 4.69) is 0 Å². The summed E-state index contributed by atoms with van der Waals surface area (Å²) in [6.45, 7) is 0.209. The maximum absolute atomic E-state index is 12.6. The van der Waals surface area contributed by atoms with Crippen molar-refractivity contribution in [2.45, 2.75) is 6.54 Å². The van der Waals surface area contributed by atoms with Crippen LogP contribution in [0.4, 0.5) is 4.79 Å². The van der Waals surface area contributed by atoms with Crippen LogP contribution in [-0.2, 0) is 11.3 Å². The number of hydrogen-bond acceptors (Lipinski definition) is 5. The maximum Gasteiger partial charge on any atom is 0.293 e. The third kappa shape index (κ3) is 4.03. The molecule has 0 bridgehead atoms. The number of thioether (sulfide) groups is 1. The molecule has 2 aromatic carbocycles. The fourth-order valence-electron chi connectivity index (χ4n) is 2.47. The molecule has 0 aromatic heterocycles. The minimum atomic E-state index is -0.322. The van der Waals surface area contributed by atoms with E-state index in [0.717, 1.165) is 22.9 Å². The Morgan fingerprint density at radius 1 is 1.04 bits per heavy atom. The van der Waals surface area contributed by atoms with Crippen molar-refractivity contribution in [3.8, 4) is 11.5 Å². The topological polar surface area (TPSA) is 55.8 Å². The molecule has 0 aliphatic carbocycles. The molecule has 1 aliphatic heterocycles. The second kappa shape index (κ2) is 7.85. The van der Waals surface area contributed by atoms with E-state index >= 15 is 0 Å². The highest BCUT2D eigenvalue weighted by Gasteiger charge is 2.35. The van der Waals surface area contributed by atoms with Gasteiger partial charge in [0.25, 0.3) is 11.1 Å². The molecule has 0 N–H and O–H groups in total. The molecule has 26 heavy (non-hydrogen) atoms. The first-order valence-electron chi connectivity index (χ1n) is 7.73. The third-order valence-corrected chi connectivity index (χ3v) is 4.96. The van der Waals surface area contributed by atoms with Gasteiger partial charge in [-0.15, -0.1) is 0 Å². The van der Waals surface area contributed by atoms with Crippen LogP contribution in [0.2, 0.25) is 5.02 Å². The molecule has 2 aromatic rings. The molecule has 0 radical (unpaired) electrons. The Morgan fingerprint density at radius 2 is 1.65 bits per heavy atom. The summed E-state index contributed by atoms with van der Waals surface area (Å²) in [4.78, 5) is 26.5. The van der Waals surface area contributed by atoms with Crippen molar-refractivity contribution < 1.29 is 19.1 Å². The molecular weight excluding hydrogens is 374 g/mol. The third-order valence-electron chi connectivity index (χ3n) is 3.80. The number of rotatable bonds is 5. The fourth-order valence-corrected chi connectivity index (χ4v) is 3.44. The van der Waals surface area contributed by atoms with Crippen molar-refractivity contribution in [2.24, 2.45) is 0 Å². The summed E-state index contributed by atoms with van der Waals surface area (Å²) in [6, 6.07) is 12.3. The lowest BCUT2D eigenvalue weighted by Crippen LogP contribution is -2.27. The van der Waals surface area contributed by atoms with E-state index < -0.39 is 0 Å². The van der Waals surface area contributed by atoms with E-state index in [1.54, 1.807) is 62.8 Å². The summed E-state index contributed by atoms with van der Waals surface area (Å²) < 4.78 is 10.5. The van der Waals surface area contributed by atoms with E-state index in [-0.39, 0.29) is 17.7 Å². The molecule has 1 fully saturated rings. The number of carbonyl (C=O) groups is 2. The van der Waals surface area contributed by atoms with Crippen LogP contribution < -0.4 is 9.47 Å². The van der Waals surface area contributed by atoms with Crippen LogP contribution in [0.1, 0.15) is 11.1 Å². The predicted molar refractivity (Wildman–Crippen MR) is 103 cm³/mol. The van der Waals surface area contributed by atoms with E-state index in [0.29, 0.717) is 21.4 Å². The zero-order chi connectivity index (χ0) is 18.7. The molecule has 1 saturated heterocycles. The zero-order valence-electron chi connectivity index (χ0n) is 14.2. The molecular formula is C19H16ClNO4S. The SMILES string of the molecule is COc1cc(/C=C2\SC(=O)N(Cc3ccc(Cl)cc3)C2=O)cc(OC)c1. The molecule has 0 atom stereocenters. The largest absolute Gasteiger partial charge is 0.497 e. The van der Waals surface area contributed by atoms with Gasteiger partial charge >= 0.3 is 0 Å². The standard InChI is InChI=1S/C19H16ClNO4S/c1-24-15-7-13(8-16(10-15)25-2)9-17-18(22)21(19(23)26-17)11-12-3-5-14(20)6-4-12/h3-10H,11H2,1-2H3/b17-9-. The first kappa shape index (κ1) is 18.4. The lowest BCUT2D eigenvalue weighted by Gasteiger charge is -2.12. The summed E-state index contributed by atoms with van der Waals surface area (Å²) in [7, 11) is 3.11. The van der Waals surface area contributed by atoms with Crippen LogP contribution in [0, 0.1) is 0 Å². The summed E-state index contributed by atoms with van der Waals surface area (Å²) in [5.74, 6) is 0.892. The number of ether oxygens (including phenoxy) is 2. The van der Waals surface area contributed by atoms with Crippen molar-refractivity contribution in [3.63, 3.8) is 0 Å². The van der Waals surface area contributed by atoms with Crippen LogP contribution in [-0.4, -0.2) is 30.3 Å². The Bertz CT molecular complexity index is 857. The highest BCUT2D eigenvalue weighted by atomic mass is 35.5. The second-order valence-electron chi connectivity index (χ2n) is 5.54. The fraction of sp³-hybridized carbons (Fsp3) is 0.158. The number of benzene rings is 2. The number of imide groups is 1. The van der Waals surface area contributed by atoms with Crippen molar-refractivity contribution in [3.05, 3.63) is 63.5 Å². The highest BCUT2D eigenvalue weighted by molar-refractivity contribution is 8.18. The van der Waals surface area contributed by atoms with Crippen molar-refractivity contribution in [1.82, 2.24) is 4.90 Å². The number of hydrogen-bond donors (Lipinski definition) is 0. The summed E-state index contributed by atoms with van der Waals surface area (Å²) in [5.41, 5.74) is 1.55.